The first kappa shape index (κ1) is 11.0. The van der Waals surface area contributed by atoms with Crippen LogP contribution in [-0.4, -0.2) is 10.9 Å². The molecule has 84 valence electrons. The fraction of sp³-hybridized carbons (Fsp3) is 0.273. The van der Waals surface area contributed by atoms with Gasteiger partial charge in [-0.3, -0.25) is 4.79 Å². The molecule has 2 rings (SSSR count). The lowest BCUT2D eigenvalue weighted by Gasteiger charge is -2.10. The molecule has 0 saturated heterocycles. The minimum absolute atomic E-state index is 0.0517. The zero-order valence-corrected chi connectivity index (χ0v) is 9.31. The van der Waals surface area contributed by atoms with Crippen molar-refractivity contribution in [3.8, 4) is 0 Å². The minimum Gasteiger partial charge on any atom is -0.389 e. The molecule has 0 aliphatic heterocycles. The smallest absolute Gasteiger partial charge is 0.227 e. The predicted octanol–water partition coefficient (Wildman–Crippen LogP) is 1.81. The maximum atomic E-state index is 13.4. The van der Waals surface area contributed by atoms with Crippen LogP contribution in [0.3, 0.4) is 0 Å². The summed E-state index contributed by atoms with van der Waals surface area (Å²) in [5.41, 5.74) is 5.88. The number of anilines is 1. The molecule has 0 atom stereocenters. The summed E-state index contributed by atoms with van der Waals surface area (Å²) >= 11 is 4.76. The van der Waals surface area contributed by atoms with E-state index in [4.69, 9.17) is 18.0 Å². The van der Waals surface area contributed by atoms with Crippen LogP contribution in [0.4, 0.5) is 10.1 Å². The summed E-state index contributed by atoms with van der Waals surface area (Å²) in [7, 11) is 0. The number of carbonyl (C=O) groups excluding carboxylic acids is 1. The first-order valence-corrected chi connectivity index (χ1v) is 5.39. The third-order valence-electron chi connectivity index (χ3n) is 2.47. The van der Waals surface area contributed by atoms with E-state index >= 15 is 0 Å². The van der Waals surface area contributed by atoms with E-state index in [1.807, 2.05) is 0 Å². The molecule has 0 radical (unpaired) electrons. The van der Waals surface area contributed by atoms with Crippen molar-refractivity contribution in [1.29, 1.82) is 0 Å². The summed E-state index contributed by atoms with van der Waals surface area (Å²) in [5.74, 6) is -0.549. The number of nitrogens with two attached hydrogens (primary N) is 1. The molecule has 5 heteroatoms. The molecule has 16 heavy (non-hydrogen) atoms. The van der Waals surface area contributed by atoms with E-state index in [1.165, 1.54) is 12.1 Å². The van der Waals surface area contributed by atoms with E-state index in [9.17, 15) is 9.18 Å². The van der Waals surface area contributed by atoms with Gasteiger partial charge >= 0.3 is 0 Å². The third-order valence-corrected chi connectivity index (χ3v) is 2.67. The fourth-order valence-electron chi connectivity index (χ4n) is 1.46. The number of rotatable bonds is 3. The maximum Gasteiger partial charge on any atom is 0.227 e. The molecule has 0 heterocycles. The lowest BCUT2D eigenvalue weighted by Crippen LogP contribution is -2.19. The van der Waals surface area contributed by atoms with Gasteiger partial charge in [0.15, 0.2) is 0 Å². The molecular weight excluding hydrogens is 227 g/mol. The second-order valence-corrected chi connectivity index (χ2v) is 4.23. The Balaban J connectivity index is 2.28. The van der Waals surface area contributed by atoms with Gasteiger partial charge in [-0.1, -0.05) is 18.3 Å². The average Bonchev–Trinajstić information content (AvgIpc) is 2.99. The number of thiocarbonyl (C=S) groups is 1. The normalized spacial score (nSPS) is 14.6. The zero-order chi connectivity index (χ0) is 11.7. The lowest BCUT2D eigenvalue weighted by atomic mass is 10.1. The molecule has 3 nitrogen and oxygen atoms in total. The molecule has 1 saturated carbocycles. The number of halogens is 1. The molecule has 0 spiro atoms. The molecule has 0 unspecified atom stereocenters. The Morgan fingerprint density at radius 2 is 2.19 bits per heavy atom. The SMILES string of the molecule is NC(=S)c1c(F)cccc1NC(=O)C1CC1. The Labute approximate surface area is 97.8 Å². The standard InChI is InChI=1S/C11H11FN2OS/c12-7-2-1-3-8(9(7)10(13)16)14-11(15)6-4-5-6/h1-3,6H,4-5H2,(H2,13,16)(H,14,15). The topological polar surface area (TPSA) is 55.1 Å². The monoisotopic (exact) mass is 238 g/mol. The Kier molecular flexibility index (Phi) is 2.87. The van der Waals surface area contributed by atoms with Crippen LogP contribution in [0.25, 0.3) is 0 Å². The summed E-state index contributed by atoms with van der Waals surface area (Å²) < 4.78 is 13.4. The van der Waals surface area contributed by atoms with Gasteiger partial charge < -0.3 is 11.1 Å². The molecule has 1 aromatic carbocycles. The number of nitrogens with one attached hydrogen (secondary N) is 1. The Hall–Kier alpha value is -1.49. The first-order valence-electron chi connectivity index (χ1n) is 4.99. The summed E-state index contributed by atoms with van der Waals surface area (Å²) in [6.45, 7) is 0. The molecule has 3 N–H and O–H groups in total. The van der Waals surface area contributed by atoms with Gasteiger partial charge in [0.2, 0.25) is 5.91 Å². The second-order valence-electron chi connectivity index (χ2n) is 3.79. The van der Waals surface area contributed by atoms with Crippen LogP contribution >= 0.6 is 12.2 Å². The summed E-state index contributed by atoms with van der Waals surface area (Å²) in [6.07, 6.45) is 1.78. The van der Waals surface area contributed by atoms with Crippen molar-refractivity contribution in [2.45, 2.75) is 12.8 Å². The van der Waals surface area contributed by atoms with Crippen LogP contribution in [0.5, 0.6) is 0 Å². The summed E-state index contributed by atoms with van der Waals surface area (Å²) in [6, 6.07) is 4.37. The summed E-state index contributed by atoms with van der Waals surface area (Å²) in [4.78, 5) is 11.5. The number of benzene rings is 1. The van der Waals surface area contributed by atoms with Crippen molar-refractivity contribution in [2.75, 3.05) is 5.32 Å². The molecule has 1 amide bonds. The van der Waals surface area contributed by atoms with E-state index < -0.39 is 5.82 Å². The van der Waals surface area contributed by atoms with Gasteiger partial charge in [-0.05, 0) is 25.0 Å². The highest BCUT2D eigenvalue weighted by atomic mass is 32.1. The third kappa shape index (κ3) is 2.19. The molecular formula is C11H11FN2OS. The zero-order valence-electron chi connectivity index (χ0n) is 8.50. The first-order chi connectivity index (χ1) is 7.59. The quantitative estimate of drug-likeness (QED) is 0.790. The lowest BCUT2D eigenvalue weighted by molar-refractivity contribution is -0.117. The average molecular weight is 238 g/mol. The molecule has 1 aromatic rings. The van der Waals surface area contributed by atoms with Crippen molar-refractivity contribution in [3.05, 3.63) is 29.6 Å². The molecule has 1 fully saturated rings. The van der Waals surface area contributed by atoms with Gasteiger partial charge in [-0.25, -0.2) is 4.39 Å². The Bertz CT molecular complexity index is 457. The van der Waals surface area contributed by atoms with E-state index in [0.29, 0.717) is 5.69 Å². The van der Waals surface area contributed by atoms with Gasteiger partial charge in [0.05, 0.1) is 11.3 Å². The van der Waals surface area contributed by atoms with Crippen molar-refractivity contribution in [3.63, 3.8) is 0 Å². The highest BCUT2D eigenvalue weighted by Crippen LogP contribution is 2.31. The van der Waals surface area contributed by atoms with Gasteiger partial charge in [-0.2, -0.15) is 0 Å². The van der Waals surface area contributed by atoms with Crippen molar-refractivity contribution in [2.24, 2.45) is 11.7 Å². The van der Waals surface area contributed by atoms with Gasteiger partial charge in [0, 0.05) is 5.92 Å². The van der Waals surface area contributed by atoms with Crippen molar-refractivity contribution < 1.29 is 9.18 Å². The highest BCUT2D eigenvalue weighted by molar-refractivity contribution is 7.80. The van der Waals surface area contributed by atoms with Gasteiger partial charge in [0.1, 0.15) is 10.8 Å². The number of hydrogen-bond acceptors (Lipinski definition) is 2. The Morgan fingerprint density at radius 1 is 1.50 bits per heavy atom. The fourth-order valence-corrected chi connectivity index (χ4v) is 1.67. The molecule has 0 bridgehead atoms. The van der Waals surface area contributed by atoms with Crippen LogP contribution in [0.2, 0.25) is 0 Å². The van der Waals surface area contributed by atoms with Crippen molar-refractivity contribution in [1.82, 2.24) is 0 Å². The van der Waals surface area contributed by atoms with Crippen LogP contribution in [0, 0.1) is 11.7 Å². The predicted molar refractivity (Wildman–Crippen MR) is 63.6 cm³/mol. The number of carbonyl (C=O) groups is 1. The second kappa shape index (κ2) is 4.17. The van der Waals surface area contributed by atoms with E-state index in [0.717, 1.165) is 12.8 Å². The van der Waals surface area contributed by atoms with Crippen LogP contribution in [0.1, 0.15) is 18.4 Å². The van der Waals surface area contributed by atoms with Crippen LogP contribution in [0.15, 0.2) is 18.2 Å². The largest absolute Gasteiger partial charge is 0.389 e. The van der Waals surface area contributed by atoms with E-state index in [1.54, 1.807) is 6.07 Å². The van der Waals surface area contributed by atoms with Gasteiger partial charge in [0.25, 0.3) is 0 Å². The number of amides is 1. The molecule has 0 aromatic heterocycles. The molecule has 1 aliphatic carbocycles. The highest BCUT2D eigenvalue weighted by Gasteiger charge is 2.30. The van der Waals surface area contributed by atoms with E-state index in [2.05, 4.69) is 5.32 Å². The molecule has 1 aliphatic rings. The van der Waals surface area contributed by atoms with Gasteiger partial charge in [-0.15, -0.1) is 0 Å². The maximum absolute atomic E-state index is 13.4. The van der Waals surface area contributed by atoms with Crippen LogP contribution in [-0.2, 0) is 4.79 Å². The Morgan fingerprint density at radius 3 is 2.75 bits per heavy atom. The number of hydrogen-bond donors (Lipinski definition) is 2. The van der Waals surface area contributed by atoms with Crippen molar-refractivity contribution >= 4 is 28.8 Å². The van der Waals surface area contributed by atoms with E-state index in [-0.39, 0.29) is 22.4 Å². The minimum atomic E-state index is -0.513. The summed E-state index contributed by atoms with van der Waals surface area (Å²) in [5, 5.41) is 2.65. The van der Waals surface area contributed by atoms with Crippen LogP contribution < -0.4 is 11.1 Å².